The molecule has 152 valence electrons. The number of hydrogen-bond acceptors (Lipinski definition) is 5. The predicted molar refractivity (Wildman–Crippen MR) is 110 cm³/mol. The van der Waals surface area contributed by atoms with Gasteiger partial charge in [-0.05, 0) is 37.3 Å². The molecule has 0 atom stereocenters. The maximum absolute atomic E-state index is 12.2. The lowest BCUT2D eigenvalue weighted by Crippen LogP contribution is -2.32. The van der Waals surface area contributed by atoms with Crippen molar-refractivity contribution in [2.75, 3.05) is 26.4 Å². The normalized spacial score (nSPS) is 10.6. The molecule has 2 N–H and O–H groups in total. The van der Waals surface area contributed by atoms with Crippen LogP contribution < -0.4 is 14.8 Å². The highest BCUT2D eigenvalue weighted by Gasteiger charge is 2.18. The van der Waals surface area contributed by atoms with E-state index in [4.69, 9.17) is 25.8 Å². The zero-order valence-electron chi connectivity index (χ0n) is 15.9. The number of para-hydroxylation sites is 1. The molecule has 0 saturated heterocycles. The van der Waals surface area contributed by atoms with Crippen LogP contribution in [0.3, 0.4) is 0 Å². The Hall–Kier alpha value is -3.19. The number of aromatic amines is 1. The molecule has 7 nitrogen and oxygen atoms in total. The van der Waals surface area contributed by atoms with Gasteiger partial charge in [0.1, 0.15) is 23.8 Å². The van der Waals surface area contributed by atoms with Crippen LogP contribution in [0.2, 0.25) is 5.02 Å². The first kappa shape index (κ1) is 20.5. The minimum atomic E-state index is -0.688. The highest BCUT2D eigenvalue weighted by molar-refractivity contribution is 6.38. The first-order valence-electron chi connectivity index (χ1n) is 9.14. The quantitative estimate of drug-likeness (QED) is 0.411. The number of aromatic nitrogens is 1. The number of fused-ring (bicyclic) bond motifs is 1. The van der Waals surface area contributed by atoms with Crippen LogP contribution in [0.25, 0.3) is 10.9 Å². The summed E-state index contributed by atoms with van der Waals surface area (Å²) >= 11 is 6.20. The summed E-state index contributed by atoms with van der Waals surface area (Å²) in [6.07, 6.45) is 0. The number of amides is 1. The third-order valence-electron chi connectivity index (χ3n) is 4.01. The summed E-state index contributed by atoms with van der Waals surface area (Å²) in [6.45, 7) is 2.66. The first-order chi connectivity index (χ1) is 14.1. The standard InChI is InChI=1S/C21H21ClN2O5/c1-2-27-14-7-9-15(10-8-14)28-12-11-23-18(25)13-29-21(26)20-19(22)16-5-3-4-6-17(16)24-20/h3-10,24H,2,11-13H2,1H3,(H,23,25). The minimum Gasteiger partial charge on any atom is -0.494 e. The van der Waals surface area contributed by atoms with Crippen molar-refractivity contribution in [2.45, 2.75) is 6.92 Å². The van der Waals surface area contributed by atoms with E-state index in [1.807, 2.05) is 31.2 Å². The van der Waals surface area contributed by atoms with Gasteiger partial charge in [0.2, 0.25) is 0 Å². The lowest BCUT2D eigenvalue weighted by molar-refractivity contribution is -0.124. The second-order valence-corrected chi connectivity index (χ2v) is 6.42. The van der Waals surface area contributed by atoms with E-state index in [1.54, 1.807) is 24.3 Å². The van der Waals surface area contributed by atoms with Gasteiger partial charge >= 0.3 is 5.97 Å². The van der Waals surface area contributed by atoms with Gasteiger partial charge in [0.05, 0.1) is 18.2 Å². The number of hydrogen-bond donors (Lipinski definition) is 2. The Morgan fingerprint density at radius 3 is 2.41 bits per heavy atom. The van der Waals surface area contributed by atoms with E-state index in [-0.39, 0.29) is 23.9 Å². The molecular weight excluding hydrogens is 396 g/mol. The predicted octanol–water partition coefficient (Wildman–Crippen LogP) is 3.57. The molecule has 0 fully saturated rings. The fourth-order valence-corrected chi connectivity index (χ4v) is 2.95. The monoisotopic (exact) mass is 416 g/mol. The largest absolute Gasteiger partial charge is 0.494 e. The number of benzene rings is 2. The number of esters is 1. The van der Waals surface area contributed by atoms with Crippen molar-refractivity contribution in [2.24, 2.45) is 0 Å². The summed E-state index contributed by atoms with van der Waals surface area (Å²) < 4.78 is 15.9. The molecule has 0 aliphatic rings. The van der Waals surface area contributed by atoms with Crippen molar-refractivity contribution in [3.8, 4) is 11.5 Å². The zero-order valence-corrected chi connectivity index (χ0v) is 16.6. The topological polar surface area (TPSA) is 89.7 Å². The van der Waals surface area contributed by atoms with Crippen molar-refractivity contribution in [3.63, 3.8) is 0 Å². The molecule has 0 aliphatic heterocycles. The third kappa shape index (κ3) is 5.42. The van der Waals surface area contributed by atoms with Crippen LogP contribution in [-0.2, 0) is 9.53 Å². The van der Waals surface area contributed by atoms with E-state index < -0.39 is 18.5 Å². The fourth-order valence-electron chi connectivity index (χ4n) is 2.66. The van der Waals surface area contributed by atoms with Gasteiger partial charge in [0.15, 0.2) is 6.61 Å². The van der Waals surface area contributed by atoms with E-state index in [9.17, 15) is 9.59 Å². The van der Waals surface area contributed by atoms with Gasteiger partial charge in [0, 0.05) is 10.9 Å². The van der Waals surface area contributed by atoms with E-state index in [0.717, 1.165) is 16.7 Å². The van der Waals surface area contributed by atoms with Crippen molar-refractivity contribution < 1.29 is 23.8 Å². The molecule has 0 bridgehead atoms. The third-order valence-corrected chi connectivity index (χ3v) is 4.40. The number of H-pyrrole nitrogens is 1. The van der Waals surface area contributed by atoms with Gasteiger partial charge in [0.25, 0.3) is 5.91 Å². The number of carbonyl (C=O) groups is 2. The Labute approximate surface area is 172 Å². The van der Waals surface area contributed by atoms with Crippen LogP contribution in [0.15, 0.2) is 48.5 Å². The van der Waals surface area contributed by atoms with E-state index in [0.29, 0.717) is 12.4 Å². The Morgan fingerprint density at radius 1 is 1.03 bits per heavy atom. The number of rotatable bonds is 9. The average Bonchev–Trinajstić information content (AvgIpc) is 3.08. The highest BCUT2D eigenvalue weighted by atomic mass is 35.5. The summed E-state index contributed by atoms with van der Waals surface area (Å²) in [5, 5.41) is 3.62. The highest BCUT2D eigenvalue weighted by Crippen LogP contribution is 2.27. The van der Waals surface area contributed by atoms with Gasteiger partial charge < -0.3 is 24.5 Å². The molecule has 0 unspecified atom stereocenters. The van der Waals surface area contributed by atoms with Crippen molar-refractivity contribution in [3.05, 3.63) is 59.2 Å². The second kappa shape index (κ2) is 9.84. The summed E-state index contributed by atoms with van der Waals surface area (Å²) in [4.78, 5) is 26.9. The van der Waals surface area contributed by atoms with E-state index in [1.165, 1.54) is 0 Å². The first-order valence-corrected chi connectivity index (χ1v) is 9.52. The van der Waals surface area contributed by atoms with Gasteiger partial charge in [-0.3, -0.25) is 4.79 Å². The summed E-state index contributed by atoms with van der Waals surface area (Å²) in [6, 6.07) is 14.4. The minimum absolute atomic E-state index is 0.125. The van der Waals surface area contributed by atoms with Crippen molar-refractivity contribution >= 4 is 34.4 Å². The maximum Gasteiger partial charge on any atom is 0.356 e. The van der Waals surface area contributed by atoms with E-state index in [2.05, 4.69) is 10.3 Å². The molecule has 2 aromatic carbocycles. The molecule has 3 aromatic rings. The molecule has 0 radical (unpaired) electrons. The molecule has 1 heterocycles. The number of nitrogens with one attached hydrogen (secondary N) is 2. The van der Waals surface area contributed by atoms with Crippen LogP contribution in [0.4, 0.5) is 0 Å². The van der Waals surface area contributed by atoms with Crippen molar-refractivity contribution in [1.29, 1.82) is 0 Å². The van der Waals surface area contributed by atoms with Gasteiger partial charge in [-0.15, -0.1) is 0 Å². The average molecular weight is 417 g/mol. The Kier molecular flexibility index (Phi) is 6.97. The maximum atomic E-state index is 12.2. The summed E-state index contributed by atoms with van der Waals surface area (Å²) in [5.74, 6) is 0.320. The summed E-state index contributed by atoms with van der Waals surface area (Å²) in [5.41, 5.74) is 0.847. The lowest BCUT2D eigenvalue weighted by Gasteiger charge is -2.09. The van der Waals surface area contributed by atoms with Crippen LogP contribution in [0, 0.1) is 0 Å². The fraction of sp³-hybridized carbons (Fsp3) is 0.238. The molecule has 8 heteroatoms. The Morgan fingerprint density at radius 2 is 1.72 bits per heavy atom. The van der Waals surface area contributed by atoms with Crippen LogP contribution in [0.1, 0.15) is 17.4 Å². The molecule has 1 aromatic heterocycles. The van der Waals surface area contributed by atoms with Crippen LogP contribution >= 0.6 is 11.6 Å². The summed E-state index contributed by atoms with van der Waals surface area (Å²) in [7, 11) is 0. The molecule has 29 heavy (non-hydrogen) atoms. The van der Waals surface area contributed by atoms with Gasteiger partial charge in [-0.2, -0.15) is 0 Å². The van der Waals surface area contributed by atoms with Gasteiger partial charge in [-0.1, -0.05) is 29.8 Å². The SMILES string of the molecule is CCOc1ccc(OCCNC(=O)COC(=O)c2[nH]c3ccccc3c2Cl)cc1. The molecule has 0 aliphatic carbocycles. The Balaban J connectivity index is 1.39. The number of carbonyl (C=O) groups excluding carboxylic acids is 2. The molecule has 0 spiro atoms. The van der Waals surface area contributed by atoms with Gasteiger partial charge in [-0.25, -0.2) is 4.79 Å². The number of halogens is 1. The van der Waals surface area contributed by atoms with Crippen LogP contribution in [-0.4, -0.2) is 43.2 Å². The van der Waals surface area contributed by atoms with E-state index >= 15 is 0 Å². The Bertz CT molecular complexity index is 984. The smallest absolute Gasteiger partial charge is 0.356 e. The lowest BCUT2D eigenvalue weighted by atomic mass is 10.2. The molecule has 0 saturated carbocycles. The zero-order chi connectivity index (χ0) is 20.6. The second-order valence-electron chi connectivity index (χ2n) is 6.04. The molecule has 3 rings (SSSR count). The number of ether oxygens (including phenoxy) is 3. The molecular formula is C21H21ClN2O5. The molecule has 1 amide bonds. The van der Waals surface area contributed by atoms with Crippen LogP contribution in [0.5, 0.6) is 11.5 Å². The van der Waals surface area contributed by atoms with Crippen molar-refractivity contribution in [1.82, 2.24) is 10.3 Å².